The number of para-hydroxylation sites is 2. The lowest BCUT2D eigenvalue weighted by atomic mass is 10.0. The summed E-state index contributed by atoms with van der Waals surface area (Å²) in [5.41, 5.74) is 4.62. The highest BCUT2D eigenvalue weighted by Crippen LogP contribution is 2.39. The molecule has 6 heteroatoms. The molecule has 0 aliphatic carbocycles. The van der Waals surface area contributed by atoms with Gasteiger partial charge in [0.1, 0.15) is 0 Å². The van der Waals surface area contributed by atoms with E-state index < -0.39 is 0 Å². The summed E-state index contributed by atoms with van der Waals surface area (Å²) in [6.07, 6.45) is 0.868. The molecule has 3 aromatic carbocycles. The van der Waals surface area contributed by atoms with Crippen LogP contribution in [0.4, 0.5) is 11.4 Å². The molecule has 0 bridgehead atoms. The van der Waals surface area contributed by atoms with Crippen molar-refractivity contribution in [1.29, 1.82) is 0 Å². The van der Waals surface area contributed by atoms with Crippen molar-refractivity contribution < 1.29 is 19.0 Å². The average Bonchev–Trinajstić information content (AvgIpc) is 3.22. The van der Waals surface area contributed by atoms with E-state index >= 15 is 0 Å². The molecule has 0 saturated heterocycles. The fourth-order valence-electron chi connectivity index (χ4n) is 3.81. The van der Waals surface area contributed by atoms with Crippen LogP contribution in [0.2, 0.25) is 0 Å². The van der Waals surface area contributed by atoms with Crippen LogP contribution in [0.1, 0.15) is 27.5 Å². The van der Waals surface area contributed by atoms with Crippen LogP contribution in [0.25, 0.3) is 0 Å². The van der Waals surface area contributed by atoms with Crippen LogP contribution in [0.5, 0.6) is 17.2 Å². The van der Waals surface area contributed by atoms with Crippen molar-refractivity contribution in [2.45, 2.75) is 12.5 Å². The first-order chi connectivity index (χ1) is 14.6. The molecule has 154 valence electrons. The summed E-state index contributed by atoms with van der Waals surface area (Å²) in [5, 5.41) is 6.59. The van der Waals surface area contributed by atoms with Crippen molar-refractivity contribution in [1.82, 2.24) is 0 Å². The average molecular weight is 404 g/mol. The van der Waals surface area contributed by atoms with Crippen molar-refractivity contribution in [3.8, 4) is 17.2 Å². The van der Waals surface area contributed by atoms with Gasteiger partial charge in [-0.3, -0.25) is 4.79 Å². The summed E-state index contributed by atoms with van der Waals surface area (Å²) in [7, 11) is 4.58. The predicted octanol–water partition coefficient (Wildman–Crippen LogP) is 4.67. The second kappa shape index (κ2) is 8.37. The fraction of sp³-hybridized carbons (Fsp3) is 0.208. The predicted molar refractivity (Wildman–Crippen MR) is 117 cm³/mol. The van der Waals surface area contributed by atoms with E-state index in [0.29, 0.717) is 22.8 Å². The molecular weight excluding hydrogens is 380 g/mol. The summed E-state index contributed by atoms with van der Waals surface area (Å²) in [5.74, 6) is 1.06. The molecular formula is C24H24N2O4. The lowest BCUT2D eigenvalue weighted by Gasteiger charge is -2.18. The van der Waals surface area contributed by atoms with E-state index in [0.717, 1.165) is 23.4 Å². The van der Waals surface area contributed by atoms with Gasteiger partial charge in [0, 0.05) is 16.9 Å². The summed E-state index contributed by atoms with van der Waals surface area (Å²) >= 11 is 0. The van der Waals surface area contributed by atoms with Crippen molar-refractivity contribution in [3.63, 3.8) is 0 Å². The van der Waals surface area contributed by atoms with E-state index in [9.17, 15) is 4.79 Å². The van der Waals surface area contributed by atoms with E-state index in [4.69, 9.17) is 14.2 Å². The van der Waals surface area contributed by atoms with Gasteiger partial charge in [-0.05, 0) is 41.8 Å². The normalized spacial score (nSPS) is 14.4. The number of carbonyl (C=O) groups excluding carboxylic acids is 1. The Hall–Kier alpha value is -3.67. The third-order valence-electron chi connectivity index (χ3n) is 5.28. The van der Waals surface area contributed by atoms with Crippen molar-refractivity contribution >= 4 is 17.3 Å². The minimum absolute atomic E-state index is 0.0961. The highest BCUT2D eigenvalue weighted by molar-refractivity contribution is 6.05. The van der Waals surface area contributed by atoms with Crippen molar-refractivity contribution in [2.75, 3.05) is 32.0 Å². The van der Waals surface area contributed by atoms with Gasteiger partial charge in [-0.25, -0.2) is 0 Å². The highest BCUT2D eigenvalue weighted by Gasteiger charge is 2.24. The number of anilines is 2. The van der Waals surface area contributed by atoms with Crippen LogP contribution in [-0.4, -0.2) is 27.2 Å². The van der Waals surface area contributed by atoms with E-state index in [1.165, 1.54) is 26.9 Å². The maximum absolute atomic E-state index is 13.1. The van der Waals surface area contributed by atoms with Crippen LogP contribution in [0, 0.1) is 0 Å². The molecule has 1 unspecified atom stereocenters. The molecule has 3 aromatic rings. The monoisotopic (exact) mass is 404 g/mol. The van der Waals surface area contributed by atoms with Crippen molar-refractivity contribution in [2.24, 2.45) is 0 Å². The molecule has 4 rings (SSSR count). The number of hydrogen-bond acceptors (Lipinski definition) is 5. The zero-order chi connectivity index (χ0) is 21.1. The van der Waals surface area contributed by atoms with Crippen LogP contribution >= 0.6 is 0 Å². The molecule has 1 aliphatic rings. The number of carbonyl (C=O) groups is 1. The first kappa shape index (κ1) is 19.6. The smallest absolute Gasteiger partial charge is 0.255 e. The molecule has 0 saturated carbocycles. The number of rotatable bonds is 6. The number of ether oxygens (including phenoxy) is 3. The summed E-state index contributed by atoms with van der Waals surface area (Å²) < 4.78 is 16.1. The molecule has 2 N–H and O–H groups in total. The third kappa shape index (κ3) is 3.64. The Bertz CT molecular complexity index is 1030. The Morgan fingerprint density at radius 3 is 2.27 bits per heavy atom. The SMILES string of the molecule is COc1cc(C(=O)Nc2ccccc2C2Cc3ccccc3N2)cc(OC)c1OC. The van der Waals surface area contributed by atoms with Gasteiger partial charge in [-0.15, -0.1) is 0 Å². The molecule has 0 spiro atoms. The largest absolute Gasteiger partial charge is 0.493 e. The zero-order valence-electron chi connectivity index (χ0n) is 17.2. The minimum atomic E-state index is -0.253. The maximum atomic E-state index is 13.1. The third-order valence-corrected chi connectivity index (χ3v) is 5.28. The number of methoxy groups -OCH3 is 3. The van der Waals surface area contributed by atoms with Gasteiger partial charge in [0.25, 0.3) is 5.91 Å². The molecule has 0 fully saturated rings. The van der Waals surface area contributed by atoms with E-state index in [1.807, 2.05) is 36.4 Å². The standard InChI is InChI=1S/C24H24N2O4/c1-28-21-13-16(14-22(29-2)23(21)30-3)24(27)26-19-11-7-5-9-17(19)20-12-15-8-4-6-10-18(15)25-20/h4-11,13-14,20,25H,12H2,1-3H3,(H,26,27). The van der Waals surface area contributed by atoms with Crippen molar-refractivity contribution in [3.05, 3.63) is 77.4 Å². The number of nitrogens with one attached hydrogen (secondary N) is 2. The minimum Gasteiger partial charge on any atom is -0.493 e. The molecule has 0 aromatic heterocycles. The van der Waals surface area contributed by atoms with Gasteiger partial charge in [-0.1, -0.05) is 36.4 Å². The Morgan fingerprint density at radius 2 is 1.60 bits per heavy atom. The Labute approximate surface area is 175 Å². The van der Waals surface area contributed by atoms with E-state index in [2.05, 4.69) is 22.8 Å². The van der Waals surface area contributed by atoms with Gasteiger partial charge >= 0.3 is 0 Å². The van der Waals surface area contributed by atoms with Gasteiger partial charge in [0.2, 0.25) is 5.75 Å². The maximum Gasteiger partial charge on any atom is 0.255 e. The number of benzene rings is 3. The molecule has 0 radical (unpaired) electrons. The van der Waals surface area contributed by atoms with E-state index in [1.54, 1.807) is 12.1 Å². The molecule has 30 heavy (non-hydrogen) atoms. The molecule has 1 heterocycles. The topological polar surface area (TPSA) is 68.8 Å². The number of amides is 1. The quantitative estimate of drug-likeness (QED) is 0.625. The Kier molecular flexibility index (Phi) is 5.48. The highest BCUT2D eigenvalue weighted by atomic mass is 16.5. The first-order valence-corrected chi connectivity index (χ1v) is 9.69. The lowest BCUT2D eigenvalue weighted by molar-refractivity contribution is 0.102. The van der Waals surface area contributed by atoms with Gasteiger partial charge in [0.05, 0.1) is 27.4 Å². The second-order valence-corrected chi connectivity index (χ2v) is 7.01. The zero-order valence-corrected chi connectivity index (χ0v) is 17.2. The summed E-state index contributed by atoms with van der Waals surface area (Å²) in [6, 6.07) is 19.5. The lowest BCUT2D eigenvalue weighted by Crippen LogP contribution is -2.16. The first-order valence-electron chi connectivity index (χ1n) is 9.69. The second-order valence-electron chi connectivity index (χ2n) is 7.01. The van der Waals surface area contributed by atoms with Crippen LogP contribution in [0.15, 0.2) is 60.7 Å². The van der Waals surface area contributed by atoms with Crippen LogP contribution < -0.4 is 24.8 Å². The van der Waals surface area contributed by atoms with Gasteiger partial charge < -0.3 is 24.8 Å². The van der Waals surface area contributed by atoms with Crippen LogP contribution in [0.3, 0.4) is 0 Å². The molecule has 6 nitrogen and oxygen atoms in total. The van der Waals surface area contributed by atoms with Crippen LogP contribution in [-0.2, 0) is 6.42 Å². The van der Waals surface area contributed by atoms with Gasteiger partial charge in [0.15, 0.2) is 11.5 Å². The Balaban J connectivity index is 1.61. The number of hydrogen-bond donors (Lipinski definition) is 2. The Morgan fingerprint density at radius 1 is 0.933 bits per heavy atom. The van der Waals surface area contributed by atoms with E-state index in [-0.39, 0.29) is 11.9 Å². The summed E-state index contributed by atoms with van der Waals surface area (Å²) in [4.78, 5) is 13.1. The van der Waals surface area contributed by atoms with Gasteiger partial charge in [-0.2, -0.15) is 0 Å². The number of fused-ring (bicyclic) bond motifs is 1. The molecule has 1 amide bonds. The molecule has 1 atom stereocenters. The summed E-state index contributed by atoms with van der Waals surface area (Å²) in [6.45, 7) is 0. The fourth-order valence-corrected chi connectivity index (χ4v) is 3.81. The molecule has 1 aliphatic heterocycles.